The molecule has 0 saturated carbocycles. The number of amides is 1. The summed E-state index contributed by atoms with van der Waals surface area (Å²) >= 11 is 0. The van der Waals surface area contributed by atoms with Gasteiger partial charge in [-0.25, -0.2) is 4.79 Å². The zero-order valence-electron chi connectivity index (χ0n) is 21.7. The van der Waals surface area contributed by atoms with Crippen LogP contribution in [0.2, 0.25) is 0 Å². The first-order chi connectivity index (χ1) is 17.3. The van der Waals surface area contributed by atoms with Gasteiger partial charge in [-0.2, -0.15) is 0 Å². The third-order valence-corrected chi connectivity index (χ3v) is 6.71. The summed E-state index contributed by atoms with van der Waals surface area (Å²) in [5.41, 5.74) is 4.38. The number of carbonyl (C=O) groups is 2. The number of carbonyl (C=O) groups excluding carboxylic acids is 2. The van der Waals surface area contributed by atoms with Gasteiger partial charge in [-0.1, -0.05) is 12.1 Å². The molecule has 1 amide bonds. The van der Waals surface area contributed by atoms with Gasteiger partial charge in [-0.3, -0.25) is 9.69 Å². The third-order valence-electron chi connectivity index (χ3n) is 6.71. The molecule has 2 aromatic carbocycles. The summed E-state index contributed by atoms with van der Waals surface area (Å²) in [6, 6.07) is 9.84. The minimum atomic E-state index is -4.71. The first-order valence-electron chi connectivity index (χ1n) is 12.5. The van der Waals surface area contributed by atoms with Crippen molar-refractivity contribution in [1.29, 1.82) is 0 Å². The van der Waals surface area contributed by atoms with E-state index in [0.29, 0.717) is 51.1 Å². The molecule has 2 heterocycles. The molecule has 0 aromatic heterocycles. The molecule has 0 N–H and O–H groups in total. The molecular formula is C28H33F3N2O4. The Labute approximate surface area is 215 Å². The van der Waals surface area contributed by atoms with E-state index in [1.165, 1.54) is 17.7 Å². The molecule has 2 aliphatic heterocycles. The fourth-order valence-electron chi connectivity index (χ4n) is 4.97. The fraction of sp³-hybridized carbons (Fsp3) is 0.500. The van der Waals surface area contributed by atoms with Gasteiger partial charge in [-0.05, 0) is 87.1 Å². The minimum absolute atomic E-state index is 0.105. The SMILES string of the molecule is Cc1cc(C(=O)C2CCN(C(=O)OC(C)(C)C)CC2)cc2c1CN(Cc1ccc(OC(F)(F)F)cc1)C2. The van der Waals surface area contributed by atoms with E-state index < -0.39 is 12.0 Å². The lowest BCUT2D eigenvalue weighted by Crippen LogP contribution is -2.43. The first-order valence-corrected chi connectivity index (χ1v) is 12.5. The minimum Gasteiger partial charge on any atom is -0.444 e. The Morgan fingerprint density at radius 3 is 2.24 bits per heavy atom. The maximum absolute atomic E-state index is 13.3. The second kappa shape index (κ2) is 10.4. The van der Waals surface area contributed by atoms with Gasteiger partial charge in [0.05, 0.1) is 0 Å². The third kappa shape index (κ3) is 7.03. The Hall–Kier alpha value is -3.07. The average Bonchev–Trinajstić information content (AvgIpc) is 3.21. The van der Waals surface area contributed by atoms with Gasteiger partial charge in [0.15, 0.2) is 5.78 Å². The van der Waals surface area contributed by atoms with Crippen molar-refractivity contribution in [2.24, 2.45) is 5.92 Å². The summed E-state index contributed by atoms with van der Waals surface area (Å²) in [4.78, 5) is 29.5. The number of ether oxygens (including phenoxy) is 2. The quantitative estimate of drug-likeness (QED) is 0.439. The fourth-order valence-corrected chi connectivity index (χ4v) is 4.97. The Morgan fingerprint density at radius 1 is 1.00 bits per heavy atom. The van der Waals surface area contributed by atoms with Crippen molar-refractivity contribution in [2.75, 3.05) is 13.1 Å². The number of Topliss-reactive ketones (excluding diaryl/α,β-unsaturated/α-hetero) is 1. The number of hydrogen-bond donors (Lipinski definition) is 0. The summed E-state index contributed by atoms with van der Waals surface area (Å²) in [6.45, 7) is 10.5. The number of halogens is 3. The average molecular weight is 519 g/mol. The number of benzene rings is 2. The van der Waals surface area contributed by atoms with E-state index in [1.54, 1.807) is 17.0 Å². The van der Waals surface area contributed by atoms with Crippen molar-refractivity contribution in [3.8, 4) is 5.75 Å². The van der Waals surface area contributed by atoms with Crippen LogP contribution in [0.4, 0.5) is 18.0 Å². The van der Waals surface area contributed by atoms with E-state index in [1.807, 2.05) is 39.8 Å². The zero-order valence-corrected chi connectivity index (χ0v) is 21.7. The number of rotatable bonds is 5. The molecule has 4 rings (SSSR count). The molecule has 1 fully saturated rings. The van der Waals surface area contributed by atoms with Crippen LogP contribution in [0.3, 0.4) is 0 Å². The van der Waals surface area contributed by atoms with E-state index in [9.17, 15) is 22.8 Å². The summed E-state index contributed by atoms with van der Waals surface area (Å²) in [7, 11) is 0. The molecule has 37 heavy (non-hydrogen) atoms. The first kappa shape index (κ1) is 27.0. The second-order valence-electron chi connectivity index (χ2n) is 10.9. The Balaban J connectivity index is 1.35. The molecule has 9 heteroatoms. The largest absolute Gasteiger partial charge is 0.573 e. The topological polar surface area (TPSA) is 59.1 Å². The lowest BCUT2D eigenvalue weighted by molar-refractivity contribution is -0.274. The molecule has 0 unspecified atom stereocenters. The summed E-state index contributed by atoms with van der Waals surface area (Å²) in [5, 5.41) is 0. The van der Waals surface area contributed by atoms with E-state index in [-0.39, 0.29) is 23.5 Å². The lowest BCUT2D eigenvalue weighted by atomic mass is 9.87. The Morgan fingerprint density at radius 2 is 1.65 bits per heavy atom. The Kier molecular flexibility index (Phi) is 7.55. The van der Waals surface area contributed by atoms with Crippen LogP contribution in [0.25, 0.3) is 0 Å². The van der Waals surface area contributed by atoms with Crippen LogP contribution >= 0.6 is 0 Å². The highest BCUT2D eigenvalue weighted by Crippen LogP contribution is 2.31. The van der Waals surface area contributed by atoms with Crippen molar-refractivity contribution in [1.82, 2.24) is 9.80 Å². The normalized spacial score (nSPS) is 17.0. The number of aryl methyl sites for hydroxylation is 1. The zero-order chi connectivity index (χ0) is 27.0. The molecule has 200 valence electrons. The molecule has 6 nitrogen and oxygen atoms in total. The lowest BCUT2D eigenvalue weighted by Gasteiger charge is -2.33. The monoisotopic (exact) mass is 518 g/mol. The highest BCUT2D eigenvalue weighted by Gasteiger charge is 2.32. The summed E-state index contributed by atoms with van der Waals surface area (Å²) < 4.78 is 46.6. The summed E-state index contributed by atoms with van der Waals surface area (Å²) in [5.74, 6) is -0.267. The van der Waals surface area contributed by atoms with Crippen LogP contribution in [-0.2, 0) is 24.4 Å². The van der Waals surface area contributed by atoms with Crippen molar-refractivity contribution < 1.29 is 32.2 Å². The molecular weight excluding hydrogens is 485 g/mol. The number of likely N-dealkylation sites (tertiary alicyclic amines) is 1. The summed E-state index contributed by atoms with van der Waals surface area (Å²) in [6.07, 6.45) is -3.84. The number of fused-ring (bicyclic) bond motifs is 1. The van der Waals surface area contributed by atoms with Gasteiger partial charge in [0.25, 0.3) is 0 Å². The highest BCUT2D eigenvalue weighted by atomic mass is 19.4. The van der Waals surface area contributed by atoms with Gasteiger partial charge in [0, 0.05) is 44.2 Å². The van der Waals surface area contributed by atoms with Gasteiger partial charge >= 0.3 is 12.5 Å². The van der Waals surface area contributed by atoms with Crippen molar-refractivity contribution in [3.63, 3.8) is 0 Å². The van der Waals surface area contributed by atoms with E-state index in [0.717, 1.165) is 16.7 Å². The molecule has 0 spiro atoms. The van der Waals surface area contributed by atoms with Crippen LogP contribution < -0.4 is 4.74 Å². The van der Waals surface area contributed by atoms with Crippen LogP contribution in [0.1, 0.15) is 66.2 Å². The van der Waals surface area contributed by atoms with E-state index in [2.05, 4.69) is 9.64 Å². The molecule has 0 bridgehead atoms. The van der Waals surface area contributed by atoms with Crippen molar-refractivity contribution >= 4 is 11.9 Å². The van der Waals surface area contributed by atoms with Crippen LogP contribution in [0.5, 0.6) is 5.75 Å². The number of hydrogen-bond acceptors (Lipinski definition) is 5. The molecule has 1 saturated heterocycles. The van der Waals surface area contributed by atoms with E-state index >= 15 is 0 Å². The maximum atomic E-state index is 13.3. The number of nitrogens with zero attached hydrogens (tertiary/aromatic N) is 2. The Bertz CT molecular complexity index is 1150. The maximum Gasteiger partial charge on any atom is 0.573 e. The van der Waals surface area contributed by atoms with Crippen LogP contribution in [0, 0.1) is 12.8 Å². The number of piperidine rings is 1. The highest BCUT2D eigenvalue weighted by molar-refractivity contribution is 5.98. The smallest absolute Gasteiger partial charge is 0.444 e. The van der Waals surface area contributed by atoms with Gasteiger partial charge < -0.3 is 14.4 Å². The van der Waals surface area contributed by atoms with Crippen molar-refractivity contribution in [3.05, 3.63) is 64.2 Å². The predicted octanol–water partition coefficient (Wildman–Crippen LogP) is 6.24. The van der Waals surface area contributed by atoms with Gasteiger partial charge in [0.2, 0.25) is 0 Å². The van der Waals surface area contributed by atoms with E-state index in [4.69, 9.17) is 4.74 Å². The predicted molar refractivity (Wildman–Crippen MR) is 132 cm³/mol. The molecule has 2 aliphatic rings. The number of ketones is 1. The second-order valence-corrected chi connectivity index (χ2v) is 10.9. The standard InChI is InChI=1S/C28H33F3N2O4/c1-18-13-21(25(34)20-9-11-33(12-10-20)26(35)37-27(2,3)4)14-22-16-32(17-24(18)22)15-19-5-7-23(8-6-19)36-28(29,30)31/h5-8,13-14,20H,9-12,15-17H2,1-4H3. The van der Waals surface area contributed by atoms with Gasteiger partial charge in [-0.15, -0.1) is 13.2 Å². The molecule has 2 aromatic rings. The van der Waals surface area contributed by atoms with Crippen molar-refractivity contribution in [2.45, 2.75) is 72.1 Å². The molecule has 0 radical (unpaired) electrons. The van der Waals surface area contributed by atoms with Gasteiger partial charge in [0.1, 0.15) is 11.4 Å². The van der Waals surface area contributed by atoms with Crippen LogP contribution in [0.15, 0.2) is 36.4 Å². The molecule has 0 atom stereocenters. The molecule has 0 aliphatic carbocycles. The number of alkyl halides is 3. The van der Waals surface area contributed by atoms with Crippen LogP contribution in [-0.4, -0.2) is 46.7 Å².